The molecule has 1 aromatic rings. The quantitative estimate of drug-likeness (QED) is 0.779. The lowest BCUT2D eigenvalue weighted by Crippen LogP contribution is -2.39. The van der Waals surface area contributed by atoms with Gasteiger partial charge in [-0.2, -0.15) is 0 Å². The van der Waals surface area contributed by atoms with Gasteiger partial charge in [-0.05, 0) is 36.8 Å². The van der Waals surface area contributed by atoms with E-state index >= 15 is 0 Å². The van der Waals surface area contributed by atoms with Crippen LogP contribution in [0.1, 0.15) is 23.3 Å². The lowest BCUT2D eigenvalue weighted by atomic mass is 10.3. The Kier molecular flexibility index (Phi) is 4.74. The first kappa shape index (κ1) is 13.5. The first-order valence-corrected chi connectivity index (χ1v) is 7.23. The van der Waals surface area contributed by atoms with Gasteiger partial charge >= 0.3 is 0 Å². The molecule has 0 saturated heterocycles. The molecule has 2 rings (SSSR count). The molecule has 0 spiro atoms. The molecule has 18 heavy (non-hydrogen) atoms. The van der Waals surface area contributed by atoms with Crippen LogP contribution in [0.3, 0.4) is 0 Å². The highest BCUT2D eigenvalue weighted by Crippen LogP contribution is 2.26. The molecule has 1 aliphatic carbocycles. The van der Waals surface area contributed by atoms with Crippen molar-refractivity contribution in [3.8, 4) is 0 Å². The van der Waals surface area contributed by atoms with Gasteiger partial charge in [-0.3, -0.25) is 9.69 Å². The van der Waals surface area contributed by atoms with E-state index in [0.717, 1.165) is 12.8 Å². The Bertz CT molecular complexity index is 401. The van der Waals surface area contributed by atoms with Crippen LogP contribution < -0.4 is 5.32 Å². The topological polar surface area (TPSA) is 52.6 Å². The monoisotopic (exact) mass is 268 g/mol. The molecule has 4 nitrogen and oxygen atoms in total. The Morgan fingerprint density at radius 1 is 1.61 bits per heavy atom. The molecule has 1 aliphatic rings. The van der Waals surface area contributed by atoms with Crippen molar-refractivity contribution in [3.05, 3.63) is 21.9 Å². The van der Waals surface area contributed by atoms with E-state index in [1.54, 1.807) is 11.3 Å². The van der Waals surface area contributed by atoms with Crippen LogP contribution in [0.15, 0.2) is 11.4 Å². The first-order chi connectivity index (χ1) is 8.70. The smallest absolute Gasteiger partial charge is 0.234 e. The molecule has 1 aromatic heterocycles. The molecule has 100 valence electrons. The summed E-state index contributed by atoms with van der Waals surface area (Å²) in [6.07, 6.45) is 2.30. The number of hydrogen-bond acceptors (Lipinski definition) is 4. The lowest BCUT2D eigenvalue weighted by molar-refractivity contribution is -0.122. The first-order valence-electron chi connectivity index (χ1n) is 6.35. The van der Waals surface area contributed by atoms with Crippen molar-refractivity contribution in [2.75, 3.05) is 19.7 Å². The van der Waals surface area contributed by atoms with Gasteiger partial charge in [0, 0.05) is 17.5 Å². The maximum Gasteiger partial charge on any atom is 0.234 e. The summed E-state index contributed by atoms with van der Waals surface area (Å²) in [6.45, 7) is 3.78. The number of carbonyl (C=O) groups is 1. The van der Waals surface area contributed by atoms with Gasteiger partial charge < -0.3 is 10.4 Å². The Labute approximate surface area is 112 Å². The summed E-state index contributed by atoms with van der Waals surface area (Å²) in [6, 6.07) is 2.57. The van der Waals surface area contributed by atoms with E-state index in [1.165, 1.54) is 10.4 Å². The zero-order valence-electron chi connectivity index (χ0n) is 10.7. The van der Waals surface area contributed by atoms with Gasteiger partial charge in [-0.15, -0.1) is 11.3 Å². The minimum absolute atomic E-state index is 0.0446. The van der Waals surface area contributed by atoms with Crippen LogP contribution in [0.5, 0.6) is 0 Å². The molecular weight excluding hydrogens is 248 g/mol. The highest BCUT2D eigenvalue weighted by Gasteiger charge is 2.29. The Balaban J connectivity index is 1.75. The van der Waals surface area contributed by atoms with Crippen LogP contribution in [-0.4, -0.2) is 41.7 Å². The van der Waals surface area contributed by atoms with Crippen molar-refractivity contribution in [1.82, 2.24) is 10.2 Å². The second-order valence-corrected chi connectivity index (χ2v) is 5.73. The lowest BCUT2D eigenvalue weighted by Gasteiger charge is -2.19. The second kappa shape index (κ2) is 6.31. The molecule has 1 fully saturated rings. The SMILES string of the molecule is Cc1ccsc1CNC(=O)CN(CCO)C1CC1. The van der Waals surface area contributed by atoms with E-state index in [0.29, 0.717) is 25.7 Å². The molecule has 2 N–H and O–H groups in total. The number of carbonyl (C=O) groups excluding carboxylic acids is 1. The van der Waals surface area contributed by atoms with Gasteiger partial charge in [0.25, 0.3) is 0 Å². The van der Waals surface area contributed by atoms with E-state index in [-0.39, 0.29) is 12.5 Å². The van der Waals surface area contributed by atoms with E-state index in [1.807, 2.05) is 5.38 Å². The summed E-state index contributed by atoms with van der Waals surface area (Å²) in [4.78, 5) is 15.1. The number of aliphatic hydroxyl groups is 1. The van der Waals surface area contributed by atoms with E-state index in [2.05, 4.69) is 23.2 Å². The summed E-state index contributed by atoms with van der Waals surface area (Å²) in [5.41, 5.74) is 1.23. The summed E-state index contributed by atoms with van der Waals surface area (Å²) in [7, 11) is 0. The fourth-order valence-corrected chi connectivity index (χ4v) is 2.81. The average Bonchev–Trinajstić information content (AvgIpc) is 3.10. The zero-order chi connectivity index (χ0) is 13.0. The summed E-state index contributed by atoms with van der Waals surface area (Å²) in [5.74, 6) is 0.0446. The van der Waals surface area contributed by atoms with Gasteiger partial charge in [0.2, 0.25) is 5.91 Å². The number of nitrogens with zero attached hydrogens (tertiary/aromatic N) is 1. The van der Waals surface area contributed by atoms with Gasteiger partial charge in [0.05, 0.1) is 19.7 Å². The van der Waals surface area contributed by atoms with Gasteiger partial charge in [-0.25, -0.2) is 0 Å². The third kappa shape index (κ3) is 3.80. The van der Waals surface area contributed by atoms with Crippen molar-refractivity contribution in [2.24, 2.45) is 0 Å². The van der Waals surface area contributed by atoms with Crippen LogP contribution in [0.25, 0.3) is 0 Å². The second-order valence-electron chi connectivity index (χ2n) is 4.73. The third-order valence-corrected chi connectivity index (χ3v) is 4.23. The van der Waals surface area contributed by atoms with Crippen molar-refractivity contribution < 1.29 is 9.90 Å². The Hall–Kier alpha value is -0.910. The normalized spacial score (nSPS) is 15.1. The van der Waals surface area contributed by atoms with Crippen molar-refractivity contribution in [1.29, 1.82) is 0 Å². The van der Waals surface area contributed by atoms with E-state index < -0.39 is 0 Å². The Morgan fingerprint density at radius 3 is 2.94 bits per heavy atom. The molecule has 0 unspecified atom stereocenters. The van der Waals surface area contributed by atoms with Gasteiger partial charge in [0.1, 0.15) is 0 Å². The van der Waals surface area contributed by atoms with Gasteiger partial charge in [-0.1, -0.05) is 0 Å². The molecule has 0 aliphatic heterocycles. The minimum Gasteiger partial charge on any atom is -0.395 e. The molecule has 1 heterocycles. The summed E-state index contributed by atoms with van der Waals surface area (Å²) < 4.78 is 0. The maximum atomic E-state index is 11.8. The highest BCUT2D eigenvalue weighted by molar-refractivity contribution is 7.10. The summed E-state index contributed by atoms with van der Waals surface area (Å²) in [5, 5.41) is 14.0. The van der Waals surface area contributed by atoms with E-state index in [4.69, 9.17) is 5.11 Å². The van der Waals surface area contributed by atoms with E-state index in [9.17, 15) is 4.79 Å². The Morgan fingerprint density at radius 2 is 2.39 bits per heavy atom. The number of amides is 1. The average molecular weight is 268 g/mol. The summed E-state index contributed by atoms with van der Waals surface area (Å²) >= 11 is 1.67. The predicted molar refractivity (Wildman–Crippen MR) is 72.6 cm³/mol. The molecular formula is C13H20N2O2S. The molecule has 1 amide bonds. The number of thiophene rings is 1. The standard InChI is InChI=1S/C13H20N2O2S/c1-10-4-7-18-12(10)8-14-13(17)9-15(5-6-16)11-2-3-11/h4,7,11,16H,2-3,5-6,8-9H2,1H3,(H,14,17). The molecule has 0 aromatic carbocycles. The number of aliphatic hydroxyl groups excluding tert-OH is 1. The van der Waals surface area contributed by atoms with Crippen LogP contribution in [0.4, 0.5) is 0 Å². The van der Waals surface area contributed by atoms with Crippen LogP contribution in [-0.2, 0) is 11.3 Å². The maximum absolute atomic E-state index is 11.8. The molecule has 1 saturated carbocycles. The minimum atomic E-state index is 0.0446. The van der Waals surface area contributed by atoms with Crippen molar-refractivity contribution in [3.63, 3.8) is 0 Å². The third-order valence-electron chi connectivity index (χ3n) is 3.21. The molecule has 0 radical (unpaired) electrons. The largest absolute Gasteiger partial charge is 0.395 e. The highest BCUT2D eigenvalue weighted by atomic mass is 32.1. The number of aryl methyl sites for hydroxylation is 1. The molecule has 5 heteroatoms. The van der Waals surface area contributed by atoms with Gasteiger partial charge in [0.15, 0.2) is 0 Å². The predicted octanol–water partition coefficient (Wildman–Crippen LogP) is 1.13. The molecule has 0 bridgehead atoms. The van der Waals surface area contributed by atoms with Crippen LogP contribution in [0, 0.1) is 6.92 Å². The zero-order valence-corrected chi connectivity index (χ0v) is 11.5. The fourth-order valence-electron chi connectivity index (χ4n) is 1.96. The van der Waals surface area contributed by atoms with Crippen molar-refractivity contribution >= 4 is 17.2 Å². The number of rotatable bonds is 7. The fraction of sp³-hybridized carbons (Fsp3) is 0.615. The number of nitrogens with one attached hydrogen (secondary N) is 1. The number of hydrogen-bond donors (Lipinski definition) is 2. The molecule has 0 atom stereocenters. The van der Waals surface area contributed by atoms with Crippen LogP contribution >= 0.6 is 11.3 Å². The van der Waals surface area contributed by atoms with Crippen molar-refractivity contribution in [2.45, 2.75) is 32.4 Å². The van der Waals surface area contributed by atoms with Crippen LogP contribution in [0.2, 0.25) is 0 Å².